The predicted octanol–water partition coefficient (Wildman–Crippen LogP) is 9.75. The summed E-state index contributed by atoms with van der Waals surface area (Å²) in [6, 6.07) is 41.9. The summed E-state index contributed by atoms with van der Waals surface area (Å²) >= 11 is 0. The summed E-state index contributed by atoms with van der Waals surface area (Å²) in [4.78, 5) is 2.44. The Labute approximate surface area is 280 Å². The maximum absolute atomic E-state index is 5.95. The molecule has 1 fully saturated rings. The molecular formula is C40H43Cl2N3. The molecule has 0 amide bonds. The molecule has 0 saturated heterocycles. The van der Waals surface area contributed by atoms with E-state index in [1.807, 2.05) is 12.1 Å². The van der Waals surface area contributed by atoms with Gasteiger partial charge >= 0.3 is 0 Å². The summed E-state index contributed by atoms with van der Waals surface area (Å²) in [7, 11) is 4.48. The van der Waals surface area contributed by atoms with Crippen LogP contribution in [0.15, 0.2) is 115 Å². The number of hydrogen-bond donors (Lipinski definition) is 2. The Morgan fingerprint density at radius 3 is 1.73 bits per heavy atom. The number of nitrogens with two attached hydrogens (primary N) is 1. The molecule has 0 unspecified atom stereocenters. The molecule has 3 N–H and O–H groups in total. The minimum absolute atomic E-state index is 0. The van der Waals surface area contributed by atoms with Crippen LogP contribution >= 0.6 is 24.8 Å². The topological polar surface area (TPSA) is 41.3 Å². The Balaban J connectivity index is 0.000000211. The fourth-order valence-corrected chi connectivity index (χ4v) is 7.68. The second kappa shape index (κ2) is 13.7. The Morgan fingerprint density at radius 1 is 0.600 bits per heavy atom. The van der Waals surface area contributed by atoms with Crippen LogP contribution in [-0.4, -0.2) is 25.0 Å². The third-order valence-corrected chi connectivity index (χ3v) is 10.1. The first-order chi connectivity index (χ1) is 21.0. The average Bonchev–Trinajstić information content (AvgIpc) is 3.62. The monoisotopic (exact) mass is 635 g/mol. The SMILES string of the molecule is CN(C)C1(c2ccccc2)CCC(Nc2cccc3c2Cc2ccccc2-3)CC1.Cl.Cl.Nc1cccc2c1Cc1ccccc1-2. The Hall–Kier alpha value is -3.76. The van der Waals surface area contributed by atoms with E-state index >= 15 is 0 Å². The maximum Gasteiger partial charge on any atom is 0.0456 e. The van der Waals surface area contributed by atoms with Gasteiger partial charge in [0.2, 0.25) is 0 Å². The second-order valence-electron chi connectivity index (χ2n) is 12.6. The van der Waals surface area contributed by atoms with Gasteiger partial charge in [0.05, 0.1) is 0 Å². The van der Waals surface area contributed by atoms with Gasteiger partial charge in [-0.25, -0.2) is 0 Å². The molecule has 5 heteroatoms. The zero-order valence-corrected chi connectivity index (χ0v) is 27.8. The van der Waals surface area contributed by atoms with Gasteiger partial charge in [-0.1, -0.05) is 103 Å². The molecular weight excluding hydrogens is 593 g/mol. The van der Waals surface area contributed by atoms with Crippen LogP contribution < -0.4 is 11.1 Å². The van der Waals surface area contributed by atoms with Crippen LogP contribution in [0.4, 0.5) is 11.4 Å². The smallest absolute Gasteiger partial charge is 0.0456 e. The summed E-state index contributed by atoms with van der Waals surface area (Å²) in [6.07, 6.45) is 6.81. The molecule has 0 spiro atoms. The maximum atomic E-state index is 5.95. The minimum Gasteiger partial charge on any atom is -0.398 e. The lowest BCUT2D eigenvalue weighted by Crippen LogP contribution is -2.46. The summed E-state index contributed by atoms with van der Waals surface area (Å²) in [5, 5.41) is 3.93. The fraction of sp³-hybridized carbons (Fsp3) is 0.250. The lowest BCUT2D eigenvalue weighted by Gasteiger charge is -2.46. The molecule has 3 aliphatic rings. The van der Waals surface area contributed by atoms with Crippen molar-refractivity contribution in [2.24, 2.45) is 0 Å². The van der Waals surface area contributed by atoms with Gasteiger partial charge in [-0.3, -0.25) is 4.90 Å². The van der Waals surface area contributed by atoms with Crippen LogP contribution in [-0.2, 0) is 18.4 Å². The number of nitrogen functional groups attached to an aromatic ring is 1. The molecule has 3 nitrogen and oxygen atoms in total. The van der Waals surface area contributed by atoms with E-state index in [9.17, 15) is 0 Å². The first-order valence-electron chi connectivity index (χ1n) is 15.7. The number of nitrogens with zero attached hydrogens (tertiary/aromatic N) is 1. The summed E-state index contributed by atoms with van der Waals surface area (Å²) in [6.45, 7) is 0. The molecule has 8 rings (SSSR count). The van der Waals surface area contributed by atoms with E-state index in [0.29, 0.717) is 6.04 Å². The highest BCUT2D eigenvalue weighted by Crippen LogP contribution is 2.44. The summed E-state index contributed by atoms with van der Waals surface area (Å²) < 4.78 is 0. The fourth-order valence-electron chi connectivity index (χ4n) is 7.68. The average molecular weight is 637 g/mol. The Kier molecular flexibility index (Phi) is 9.94. The van der Waals surface area contributed by atoms with Gasteiger partial charge in [0.15, 0.2) is 0 Å². The highest BCUT2D eigenvalue weighted by Gasteiger charge is 2.38. The highest BCUT2D eigenvalue weighted by atomic mass is 35.5. The van der Waals surface area contributed by atoms with Crippen LogP contribution in [0.2, 0.25) is 0 Å². The van der Waals surface area contributed by atoms with Crippen molar-refractivity contribution in [3.63, 3.8) is 0 Å². The van der Waals surface area contributed by atoms with E-state index in [0.717, 1.165) is 18.5 Å². The molecule has 45 heavy (non-hydrogen) atoms. The van der Waals surface area contributed by atoms with E-state index < -0.39 is 0 Å². The van der Waals surface area contributed by atoms with Gasteiger partial charge in [-0.2, -0.15) is 0 Å². The van der Waals surface area contributed by atoms with Gasteiger partial charge in [-0.05, 0) is 102 Å². The molecule has 5 aromatic carbocycles. The zero-order chi connectivity index (χ0) is 29.4. The Morgan fingerprint density at radius 2 is 1.11 bits per heavy atom. The van der Waals surface area contributed by atoms with Crippen molar-refractivity contribution in [2.45, 2.75) is 50.1 Å². The summed E-state index contributed by atoms with van der Waals surface area (Å²) in [5.74, 6) is 0. The molecule has 1 saturated carbocycles. The first-order valence-corrected chi connectivity index (χ1v) is 15.7. The van der Waals surface area contributed by atoms with Gasteiger partial charge in [0.25, 0.3) is 0 Å². The Bertz CT molecular complexity index is 1760. The van der Waals surface area contributed by atoms with Crippen molar-refractivity contribution < 1.29 is 0 Å². The predicted molar refractivity (Wildman–Crippen MR) is 196 cm³/mol. The molecule has 0 atom stereocenters. The number of rotatable bonds is 4. The normalized spacial score (nSPS) is 18.6. The van der Waals surface area contributed by atoms with Crippen molar-refractivity contribution in [1.29, 1.82) is 0 Å². The number of anilines is 2. The molecule has 3 aliphatic carbocycles. The van der Waals surface area contributed by atoms with E-state index in [1.165, 1.54) is 81.4 Å². The summed E-state index contributed by atoms with van der Waals surface area (Å²) in [5.41, 5.74) is 20.9. The van der Waals surface area contributed by atoms with Gasteiger partial charge in [0.1, 0.15) is 0 Å². The van der Waals surface area contributed by atoms with Crippen molar-refractivity contribution >= 4 is 36.2 Å². The van der Waals surface area contributed by atoms with Gasteiger partial charge < -0.3 is 11.1 Å². The molecule has 0 aliphatic heterocycles. The van der Waals surface area contributed by atoms with Crippen molar-refractivity contribution in [1.82, 2.24) is 4.90 Å². The first kappa shape index (κ1) is 32.6. The largest absolute Gasteiger partial charge is 0.398 e. The van der Waals surface area contributed by atoms with Crippen LogP contribution in [0.25, 0.3) is 22.3 Å². The lowest BCUT2D eigenvalue weighted by molar-refractivity contribution is 0.0945. The van der Waals surface area contributed by atoms with E-state index in [-0.39, 0.29) is 30.4 Å². The van der Waals surface area contributed by atoms with Gasteiger partial charge in [0, 0.05) is 35.8 Å². The quantitative estimate of drug-likeness (QED) is 0.189. The van der Waals surface area contributed by atoms with Crippen LogP contribution in [0, 0.1) is 0 Å². The second-order valence-corrected chi connectivity index (χ2v) is 12.6. The van der Waals surface area contributed by atoms with E-state index in [4.69, 9.17) is 5.73 Å². The van der Waals surface area contributed by atoms with Crippen LogP contribution in [0.5, 0.6) is 0 Å². The molecule has 0 heterocycles. The van der Waals surface area contributed by atoms with E-state index in [1.54, 1.807) is 0 Å². The van der Waals surface area contributed by atoms with Crippen molar-refractivity contribution in [2.75, 3.05) is 25.1 Å². The number of hydrogen-bond acceptors (Lipinski definition) is 3. The standard InChI is InChI=1S/C27H30N2.C13H11N.2ClH/c1-29(2)27(21-10-4-3-5-11-21)17-15-22(16-18-27)28-26-14-8-13-24-23-12-7-6-9-20(23)19-25(24)26;14-13-7-3-6-11-10-5-2-1-4-9(10)8-12(11)13;;/h3-14,22,28H,15-19H2,1-2H3;1-7H,8,14H2;2*1H. The molecule has 5 aromatic rings. The van der Waals surface area contributed by atoms with Gasteiger partial charge in [-0.15, -0.1) is 24.8 Å². The third kappa shape index (κ3) is 6.10. The number of nitrogens with one attached hydrogen (secondary N) is 1. The molecule has 0 bridgehead atoms. The zero-order valence-electron chi connectivity index (χ0n) is 26.1. The highest BCUT2D eigenvalue weighted by molar-refractivity contribution is 5.86. The minimum atomic E-state index is 0. The van der Waals surface area contributed by atoms with Crippen molar-refractivity contribution in [3.8, 4) is 22.3 Å². The molecule has 0 radical (unpaired) electrons. The third-order valence-electron chi connectivity index (χ3n) is 10.1. The van der Waals surface area contributed by atoms with E-state index in [2.05, 4.69) is 127 Å². The molecule has 232 valence electrons. The lowest BCUT2D eigenvalue weighted by atomic mass is 9.74. The number of halogens is 2. The van der Waals surface area contributed by atoms with Crippen molar-refractivity contribution in [3.05, 3.63) is 143 Å². The van der Waals surface area contributed by atoms with Crippen LogP contribution in [0.3, 0.4) is 0 Å². The van der Waals surface area contributed by atoms with Crippen LogP contribution in [0.1, 0.15) is 53.5 Å². The molecule has 0 aromatic heterocycles. The number of benzene rings is 5. The number of fused-ring (bicyclic) bond motifs is 6.